The van der Waals surface area contributed by atoms with Crippen molar-refractivity contribution in [2.45, 2.75) is 38.3 Å². The molecule has 0 fully saturated rings. The molecule has 0 spiro atoms. The van der Waals surface area contributed by atoms with Crippen LogP contribution in [-0.4, -0.2) is 45.6 Å². The number of likely N-dealkylation sites (N-methyl/N-ethyl adjacent to an activating group) is 1. The third-order valence-corrected chi connectivity index (χ3v) is 4.57. The van der Waals surface area contributed by atoms with E-state index >= 15 is 0 Å². The zero-order valence-electron chi connectivity index (χ0n) is 14.7. The van der Waals surface area contributed by atoms with Crippen molar-refractivity contribution >= 4 is 17.7 Å². The van der Waals surface area contributed by atoms with Crippen molar-refractivity contribution < 1.29 is 4.79 Å². The third-order valence-electron chi connectivity index (χ3n) is 4.03. The molecule has 0 N–H and O–H groups in total. The molecule has 0 atom stereocenters. The fourth-order valence-electron chi connectivity index (χ4n) is 2.54. The number of carbonyl (C=O) groups excluding carboxylic acids is 1. The van der Waals surface area contributed by atoms with Gasteiger partial charge < -0.3 is 4.90 Å². The summed E-state index contributed by atoms with van der Waals surface area (Å²) in [5, 5.41) is 0.785. The number of hydrogen-bond donors (Lipinski definition) is 0. The molecule has 0 aliphatic heterocycles. The van der Waals surface area contributed by atoms with Crippen LogP contribution < -0.4 is 0 Å². The van der Waals surface area contributed by atoms with E-state index in [9.17, 15) is 4.79 Å². The Hall–Kier alpha value is -1.95. The molecule has 128 valence electrons. The molecule has 0 unspecified atom stereocenters. The minimum Gasteiger partial charge on any atom is -0.345 e. The quantitative estimate of drug-likeness (QED) is 0.571. The van der Waals surface area contributed by atoms with Crippen LogP contribution in [0, 0.1) is 13.8 Å². The van der Waals surface area contributed by atoms with Gasteiger partial charge in [0.1, 0.15) is 0 Å². The Morgan fingerprint density at radius 1 is 1.17 bits per heavy atom. The third kappa shape index (κ3) is 5.03. The highest BCUT2D eigenvalue weighted by atomic mass is 32.2. The van der Waals surface area contributed by atoms with E-state index in [1.807, 2.05) is 45.4 Å². The number of thioether (sulfide) groups is 1. The highest BCUT2D eigenvalue weighted by Crippen LogP contribution is 2.17. The first-order valence-corrected chi connectivity index (χ1v) is 9.25. The normalized spacial score (nSPS) is 10.7. The van der Waals surface area contributed by atoms with Crippen molar-refractivity contribution in [3.8, 4) is 0 Å². The number of aromatic nitrogens is 3. The molecule has 2 aromatic heterocycles. The van der Waals surface area contributed by atoms with Gasteiger partial charge in [-0.2, -0.15) is 0 Å². The minimum absolute atomic E-state index is 0.138. The molecule has 0 aliphatic carbocycles. The Kier molecular flexibility index (Phi) is 6.73. The van der Waals surface area contributed by atoms with Gasteiger partial charge in [0.05, 0.1) is 0 Å². The Bertz CT molecular complexity index is 668. The molecule has 2 rings (SSSR count). The first-order chi connectivity index (χ1) is 11.5. The van der Waals surface area contributed by atoms with Crippen LogP contribution in [0.2, 0.25) is 0 Å². The average Bonchev–Trinajstić information content (AvgIpc) is 2.59. The standard InChI is InChI=1S/C18H24N4OS/c1-13-16(14(2)21-18(20-13)24-4)8-9-17(23)22(3)12-10-15-7-5-6-11-19-15/h5-7,11H,8-10,12H2,1-4H3. The lowest BCUT2D eigenvalue weighted by Crippen LogP contribution is -2.29. The first kappa shape index (κ1) is 18.4. The van der Waals surface area contributed by atoms with Crippen LogP contribution in [0.3, 0.4) is 0 Å². The van der Waals surface area contributed by atoms with Crippen molar-refractivity contribution in [3.63, 3.8) is 0 Å². The number of carbonyl (C=O) groups is 1. The van der Waals surface area contributed by atoms with Crippen LogP contribution in [0.4, 0.5) is 0 Å². The second-order valence-electron chi connectivity index (χ2n) is 5.75. The van der Waals surface area contributed by atoms with Gasteiger partial charge in [-0.1, -0.05) is 17.8 Å². The lowest BCUT2D eigenvalue weighted by molar-refractivity contribution is -0.129. The number of aryl methyl sites for hydroxylation is 2. The van der Waals surface area contributed by atoms with E-state index in [0.717, 1.165) is 34.2 Å². The Morgan fingerprint density at radius 3 is 2.46 bits per heavy atom. The summed E-state index contributed by atoms with van der Waals surface area (Å²) < 4.78 is 0. The lowest BCUT2D eigenvalue weighted by atomic mass is 10.1. The molecule has 0 aromatic carbocycles. The van der Waals surface area contributed by atoms with Crippen molar-refractivity contribution in [3.05, 3.63) is 47.0 Å². The van der Waals surface area contributed by atoms with Crippen molar-refractivity contribution in [1.29, 1.82) is 0 Å². The summed E-state index contributed by atoms with van der Waals surface area (Å²) in [7, 11) is 1.85. The van der Waals surface area contributed by atoms with Gasteiger partial charge in [-0.05, 0) is 44.2 Å². The monoisotopic (exact) mass is 344 g/mol. The van der Waals surface area contributed by atoms with E-state index in [0.29, 0.717) is 19.4 Å². The molecule has 0 aliphatic rings. The lowest BCUT2D eigenvalue weighted by Gasteiger charge is -2.17. The van der Waals surface area contributed by atoms with Gasteiger partial charge in [-0.15, -0.1) is 0 Å². The van der Waals surface area contributed by atoms with Gasteiger partial charge in [0, 0.05) is 49.7 Å². The summed E-state index contributed by atoms with van der Waals surface area (Å²) in [6.45, 7) is 4.65. The molecule has 1 amide bonds. The predicted octanol–water partition coefficient (Wildman–Crippen LogP) is 2.84. The number of pyridine rings is 1. The second kappa shape index (κ2) is 8.78. The number of rotatable bonds is 7. The van der Waals surface area contributed by atoms with Crippen LogP contribution in [0.1, 0.15) is 29.1 Å². The van der Waals surface area contributed by atoms with E-state index in [1.165, 1.54) is 11.8 Å². The van der Waals surface area contributed by atoms with Crippen LogP contribution in [-0.2, 0) is 17.6 Å². The molecule has 0 saturated heterocycles. The number of nitrogens with zero attached hydrogens (tertiary/aromatic N) is 4. The summed E-state index contributed by atoms with van der Waals surface area (Å²) in [5.74, 6) is 0.138. The van der Waals surface area contributed by atoms with Crippen LogP contribution in [0.25, 0.3) is 0 Å². The Morgan fingerprint density at radius 2 is 1.88 bits per heavy atom. The zero-order valence-corrected chi connectivity index (χ0v) is 15.6. The van der Waals surface area contributed by atoms with Gasteiger partial charge in [0.15, 0.2) is 5.16 Å². The fourth-order valence-corrected chi connectivity index (χ4v) is 2.99. The van der Waals surface area contributed by atoms with Gasteiger partial charge in [-0.25, -0.2) is 9.97 Å². The predicted molar refractivity (Wildman–Crippen MR) is 97.2 cm³/mol. The first-order valence-electron chi connectivity index (χ1n) is 8.03. The maximum Gasteiger partial charge on any atom is 0.222 e. The van der Waals surface area contributed by atoms with Gasteiger partial charge in [0.25, 0.3) is 0 Å². The van der Waals surface area contributed by atoms with Crippen LogP contribution in [0.5, 0.6) is 0 Å². The summed E-state index contributed by atoms with van der Waals surface area (Å²) in [4.78, 5) is 27.3. The zero-order chi connectivity index (χ0) is 17.5. The van der Waals surface area contributed by atoms with E-state index in [-0.39, 0.29) is 5.91 Å². The van der Waals surface area contributed by atoms with E-state index in [4.69, 9.17) is 0 Å². The second-order valence-corrected chi connectivity index (χ2v) is 6.52. The van der Waals surface area contributed by atoms with Gasteiger partial charge in [-0.3, -0.25) is 9.78 Å². The van der Waals surface area contributed by atoms with Crippen LogP contribution >= 0.6 is 11.8 Å². The molecule has 0 saturated carbocycles. The molecule has 2 heterocycles. The maximum atomic E-state index is 12.3. The van der Waals surface area contributed by atoms with Crippen molar-refractivity contribution in [2.75, 3.05) is 19.8 Å². The largest absolute Gasteiger partial charge is 0.345 e. The summed E-state index contributed by atoms with van der Waals surface area (Å²) in [6, 6.07) is 5.84. The van der Waals surface area contributed by atoms with Crippen molar-refractivity contribution in [2.24, 2.45) is 0 Å². The molecular formula is C18H24N4OS. The summed E-state index contributed by atoms with van der Waals surface area (Å²) in [5.41, 5.74) is 4.02. The number of hydrogen-bond acceptors (Lipinski definition) is 5. The Labute approximate surface area is 147 Å². The molecule has 24 heavy (non-hydrogen) atoms. The topological polar surface area (TPSA) is 59.0 Å². The fraction of sp³-hybridized carbons (Fsp3) is 0.444. The molecule has 2 aromatic rings. The molecule has 5 nitrogen and oxygen atoms in total. The SMILES string of the molecule is CSc1nc(C)c(CCC(=O)N(C)CCc2ccccn2)c(C)n1. The minimum atomic E-state index is 0.138. The highest BCUT2D eigenvalue weighted by Gasteiger charge is 2.13. The molecule has 0 bridgehead atoms. The highest BCUT2D eigenvalue weighted by molar-refractivity contribution is 7.98. The van der Waals surface area contributed by atoms with Gasteiger partial charge in [0.2, 0.25) is 5.91 Å². The summed E-state index contributed by atoms with van der Waals surface area (Å²) in [6.07, 6.45) is 5.67. The van der Waals surface area contributed by atoms with Gasteiger partial charge >= 0.3 is 0 Å². The van der Waals surface area contributed by atoms with Crippen molar-refractivity contribution in [1.82, 2.24) is 19.9 Å². The maximum absolute atomic E-state index is 12.3. The number of amides is 1. The van der Waals surface area contributed by atoms with Crippen LogP contribution in [0.15, 0.2) is 29.6 Å². The molecule has 0 radical (unpaired) electrons. The van der Waals surface area contributed by atoms with E-state index in [2.05, 4.69) is 15.0 Å². The van der Waals surface area contributed by atoms with E-state index in [1.54, 1.807) is 11.1 Å². The Balaban J connectivity index is 1.88. The summed E-state index contributed by atoms with van der Waals surface area (Å²) >= 11 is 1.54. The van der Waals surface area contributed by atoms with E-state index < -0.39 is 0 Å². The molecular weight excluding hydrogens is 320 g/mol. The molecule has 6 heteroatoms. The smallest absolute Gasteiger partial charge is 0.222 e. The average molecular weight is 344 g/mol.